The number of nitrogens with zero attached hydrogens (tertiary/aromatic N) is 3. The monoisotopic (exact) mass is 256 g/mol. The lowest BCUT2D eigenvalue weighted by Gasteiger charge is -2.13. The summed E-state index contributed by atoms with van der Waals surface area (Å²) in [5, 5.41) is 0. The summed E-state index contributed by atoms with van der Waals surface area (Å²) in [5.41, 5.74) is 7.98. The Morgan fingerprint density at radius 1 is 1.42 bits per heavy atom. The van der Waals surface area contributed by atoms with Crippen LogP contribution in [0.15, 0.2) is 30.9 Å². The molecular formula is C15H20N4. The molecule has 2 atom stereocenters. The molecule has 1 saturated carbocycles. The van der Waals surface area contributed by atoms with Gasteiger partial charge < -0.3 is 10.3 Å². The standard InChI is InChI=1S/C15H20N4/c1-11-2-3-12(6-11)9-19-10-17-8-14(19)13-4-5-18-15(16)7-13/h4-5,7-8,10-12H,2-3,6,9H2,1H3,(H2,16,18). The van der Waals surface area contributed by atoms with Gasteiger partial charge in [0.05, 0.1) is 18.2 Å². The molecule has 2 N–H and O–H groups in total. The summed E-state index contributed by atoms with van der Waals surface area (Å²) < 4.78 is 2.25. The van der Waals surface area contributed by atoms with Crippen molar-refractivity contribution in [3.63, 3.8) is 0 Å². The first-order valence-electron chi connectivity index (χ1n) is 6.94. The molecule has 1 fully saturated rings. The first-order chi connectivity index (χ1) is 9.22. The van der Waals surface area contributed by atoms with Gasteiger partial charge in [-0.15, -0.1) is 0 Å². The van der Waals surface area contributed by atoms with E-state index in [4.69, 9.17) is 5.73 Å². The summed E-state index contributed by atoms with van der Waals surface area (Å²) in [5.74, 6) is 2.20. The Labute approximate surface area is 113 Å². The van der Waals surface area contributed by atoms with Crippen LogP contribution in [0.5, 0.6) is 0 Å². The molecule has 2 unspecified atom stereocenters. The van der Waals surface area contributed by atoms with E-state index >= 15 is 0 Å². The van der Waals surface area contributed by atoms with E-state index < -0.39 is 0 Å². The highest BCUT2D eigenvalue weighted by molar-refractivity contribution is 5.61. The van der Waals surface area contributed by atoms with E-state index in [1.807, 2.05) is 24.7 Å². The average Bonchev–Trinajstić information content (AvgIpc) is 2.99. The predicted octanol–water partition coefficient (Wildman–Crippen LogP) is 2.96. The van der Waals surface area contributed by atoms with Crippen molar-refractivity contribution in [1.82, 2.24) is 14.5 Å². The van der Waals surface area contributed by atoms with E-state index in [1.54, 1.807) is 6.20 Å². The van der Waals surface area contributed by atoms with Gasteiger partial charge in [-0.2, -0.15) is 0 Å². The number of pyridine rings is 1. The average molecular weight is 256 g/mol. The van der Waals surface area contributed by atoms with Gasteiger partial charge in [-0.1, -0.05) is 13.3 Å². The van der Waals surface area contributed by atoms with Crippen molar-refractivity contribution in [2.75, 3.05) is 5.73 Å². The quantitative estimate of drug-likeness (QED) is 0.918. The lowest BCUT2D eigenvalue weighted by atomic mass is 10.1. The zero-order valence-electron chi connectivity index (χ0n) is 11.3. The Morgan fingerprint density at radius 3 is 3.05 bits per heavy atom. The first-order valence-corrected chi connectivity index (χ1v) is 6.94. The highest BCUT2D eigenvalue weighted by Crippen LogP contribution is 2.32. The lowest BCUT2D eigenvalue weighted by Crippen LogP contribution is -2.08. The molecular weight excluding hydrogens is 236 g/mol. The van der Waals surface area contributed by atoms with Crippen molar-refractivity contribution < 1.29 is 0 Å². The van der Waals surface area contributed by atoms with Crippen LogP contribution in [0.25, 0.3) is 11.3 Å². The molecule has 0 bridgehead atoms. The molecule has 4 heteroatoms. The van der Waals surface area contributed by atoms with Gasteiger partial charge in [-0.25, -0.2) is 9.97 Å². The van der Waals surface area contributed by atoms with Crippen LogP contribution in [-0.2, 0) is 6.54 Å². The van der Waals surface area contributed by atoms with Crippen LogP contribution in [0.4, 0.5) is 5.82 Å². The number of rotatable bonds is 3. The van der Waals surface area contributed by atoms with E-state index in [0.29, 0.717) is 5.82 Å². The Bertz CT molecular complexity index is 561. The van der Waals surface area contributed by atoms with Crippen LogP contribution in [0.1, 0.15) is 26.2 Å². The first kappa shape index (κ1) is 12.2. The summed E-state index contributed by atoms with van der Waals surface area (Å²) >= 11 is 0. The predicted molar refractivity (Wildman–Crippen MR) is 76.4 cm³/mol. The third kappa shape index (κ3) is 2.62. The number of hydrogen-bond donors (Lipinski definition) is 1. The van der Waals surface area contributed by atoms with Crippen molar-refractivity contribution in [3.05, 3.63) is 30.9 Å². The maximum Gasteiger partial charge on any atom is 0.123 e. The van der Waals surface area contributed by atoms with Gasteiger partial charge >= 0.3 is 0 Å². The summed E-state index contributed by atoms with van der Waals surface area (Å²) in [7, 11) is 0. The zero-order chi connectivity index (χ0) is 13.2. The Morgan fingerprint density at radius 2 is 2.32 bits per heavy atom. The number of anilines is 1. The Balaban J connectivity index is 1.82. The van der Waals surface area contributed by atoms with Crippen LogP contribution in [0.2, 0.25) is 0 Å². The van der Waals surface area contributed by atoms with Gasteiger partial charge in [-0.3, -0.25) is 0 Å². The number of nitrogens with two attached hydrogens (primary N) is 1. The van der Waals surface area contributed by atoms with E-state index in [-0.39, 0.29) is 0 Å². The minimum absolute atomic E-state index is 0.555. The van der Waals surface area contributed by atoms with Gasteiger partial charge in [0.15, 0.2) is 0 Å². The fourth-order valence-corrected chi connectivity index (χ4v) is 3.08. The molecule has 0 aliphatic heterocycles. The van der Waals surface area contributed by atoms with Gasteiger partial charge in [0.2, 0.25) is 0 Å². The minimum atomic E-state index is 0.555. The van der Waals surface area contributed by atoms with Gasteiger partial charge in [0.25, 0.3) is 0 Å². The third-order valence-corrected chi connectivity index (χ3v) is 4.05. The van der Waals surface area contributed by atoms with Crippen LogP contribution in [-0.4, -0.2) is 14.5 Å². The highest BCUT2D eigenvalue weighted by Gasteiger charge is 2.22. The molecule has 2 aromatic heterocycles. The molecule has 0 saturated heterocycles. The van der Waals surface area contributed by atoms with E-state index in [9.17, 15) is 0 Å². The largest absolute Gasteiger partial charge is 0.384 e. The minimum Gasteiger partial charge on any atom is -0.384 e. The Hall–Kier alpha value is -1.84. The molecule has 1 aliphatic rings. The SMILES string of the molecule is CC1CCC(Cn2cncc2-c2ccnc(N)c2)C1. The van der Waals surface area contributed by atoms with Gasteiger partial charge in [0.1, 0.15) is 5.82 Å². The molecule has 0 radical (unpaired) electrons. The van der Waals surface area contributed by atoms with Gasteiger partial charge in [-0.05, 0) is 36.8 Å². The molecule has 100 valence electrons. The molecule has 2 heterocycles. The van der Waals surface area contributed by atoms with Crippen molar-refractivity contribution >= 4 is 5.82 Å². The normalized spacial score (nSPS) is 22.8. The second-order valence-electron chi connectivity index (χ2n) is 5.68. The van der Waals surface area contributed by atoms with E-state index in [2.05, 4.69) is 21.5 Å². The Kier molecular flexibility index (Phi) is 3.23. The second-order valence-corrected chi connectivity index (χ2v) is 5.68. The second kappa shape index (κ2) is 5.03. The summed E-state index contributed by atoms with van der Waals surface area (Å²) in [4.78, 5) is 8.33. The summed E-state index contributed by atoms with van der Waals surface area (Å²) in [6.45, 7) is 3.40. The van der Waals surface area contributed by atoms with Crippen molar-refractivity contribution in [2.24, 2.45) is 11.8 Å². The number of aromatic nitrogens is 3. The summed E-state index contributed by atoms with van der Waals surface area (Å²) in [6, 6.07) is 3.89. The number of hydrogen-bond acceptors (Lipinski definition) is 3. The fourth-order valence-electron chi connectivity index (χ4n) is 3.08. The van der Waals surface area contributed by atoms with Crippen molar-refractivity contribution in [1.29, 1.82) is 0 Å². The molecule has 0 aromatic carbocycles. The van der Waals surface area contributed by atoms with Crippen molar-refractivity contribution in [3.8, 4) is 11.3 Å². The molecule has 19 heavy (non-hydrogen) atoms. The molecule has 2 aromatic rings. The number of nitrogen functional groups attached to an aromatic ring is 1. The van der Waals surface area contributed by atoms with Crippen LogP contribution < -0.4 is 5.73 Å². The van der Waals surface area contributed by atoms with Crippen LogP contribution in [0, 0.1) is 11.8 Å². The number of imidazole rings is 1. The molecule has 1 aliphatic carbocycles. The fraction of sp³-hybridized carbons (Fsp3) is 0.467. The highest BCUT2D eigenvalue weighted by atomic mass is 15.0. The molecule has 3 rings (SSSR count). The summed E-state index contributed by atoms with van der Waals surface area (Å²) in [6.07, 6.45) is 9.60. The third-order valence-electron chi connectivity index (χ3n) is 4.05. The van der Waals surface area contributed by atoms with E-state index in [0.717, 1.165) is 29.6 Å². The molecule has 0 amide bonds. The maximum atomic E-state index is 5.76. The van der Waals surface area contributed by atoms with Crippen molar-refractivity contribution in [2.45, 2.75) is 32.7 Å². The van der Waals surface area contributed by atoms with Crippen LogP contribution in [0.3, 0.4) is 0 Å². The lowest BCUT2D eigenvalue weighted by molar-refractivity contribution is 0.443. The topological polar surface area (TPSA) is 56.7 Å². The smallest absolute Gasteiger partial charge is 0.123 e. The molecule has 0 spiro atoms. The maximum absolute atomic E-state index is 5.76. The van der Waals surface area contributed by atoms with Crippen LogP contribution >= 0.6 is 0 Å². The zero-order valence-corrected chi connectivity index (χ0v) is 11.3. The van der Waals surface area contributed by atoms with E-state index in [1.165, 1.54) is 19.3 Å². The van der Waals surface area contributed by atoms with Gasteiger partial charge in [0, 0.05) is 18.3 Å². The molecule has 4 nitrogen and oxygen atoms in total.